The third-order valence-corrected chi connectivity index (χ3v) is 3.36. The molecule has 1 N–H and O–H groups in total. The van der Waals surface area contributed by atoms with Crippen molar-refractivity contribution in [2.45, 2.75) is 6.61 Å². The number of fused-ring (bicyclic) bond motifs is 1. The summed E-state index contributed by atoms with van der Waals surface area (Å²) in [5, 5.41) is 9.19. The quantitative estimate of drug-likeness (QED) is 0.753. The van der Waals surface area contributed by atoms with Crippen molar-refractivity contribution in [3.63, 3.8) is 0 Å². The van der Waals surface area contributed by atoms with Crippen LogP contribution in [-0.2, 0) is 6.61 Å². The van der Waals surface area contributed by atoms with Gasteiger partial charge in [-0.15, -0.1) is 0 Å². The molecule has 0 atom stereocenters. The summed E-state index contributed by atoms with van der Waals surface area (Å²) in [5.41, 5.74) is 1.72. The summed E-state index contributed by atoms with van der Waals surface area (Å²) in [6, 6.07) is 12.5. The van der Waals surface area contributed by atoms with E-state index in [9.17, 15) is 5.11 Å². The standard InChI is InChI=1S/C14H11BrN2O2/c15-13-2-1-3-14-16-10(8-17(13)14)9-19-12-6-4-11(18)5-7-12/h1-8,18H,9H2. The molecule has 3 aromatic rings. The molecule has 1 aromatic carbocycles. The molecule has 2 heterocycles. The average molecular weight is 319 g/mol. The zero-order valence-corrected chi connectivity index (χ0v) is 11.5. The molecule has 96 valence electrons. The molecule has 2 aromatic heterocycles. The summed E-state index contributed by atoms with van der Waals surface area (Å²) in [7, 11) is 0. The number of aromatic hydroxyl groups is 1. The van der Waals surface area contributed by atoms with Crippen LogP contribution in [0.3, 0.4) is 0 Å². The molecule has 0 saturated heterocycles. The molecule has 19 heavy (non-hydrogen) atoms. The van der Waals surface area contributed by atoms with Crippen LogP contribution >= 0.6 is 15.9 Å². The number of pyridine rings is 1. The SMILES string of the molecule is Oc1ccc(OCc2cn3c(Br)cccc3n2)cc1. The summed E-state index contributed by atoms with van der Waals surface area (Å²) < 4.78 is 8.52. The van der Waals surface area contributed by atoms with Crippen molar-refractivity contribution < 1.29 is 9.84 Å². The van der Waals surface area contributed by atoms with Gasteiger partial charge in [-0.3, -0.25) is 4.40 Å². The van der Waals surface area contributed by atoms with Gasteiger partial charge in [-0.25, -0.2) is 4.98 Å². The van der Waals surface area contributed by atoms with Gasteiger partial charge in [0.1, 0.15) is 23.8 Å². The molecule has 0 aliphatic carbocycles. The Morgan fingerprint density at radius 3 is 2.68 bits per heavy atom. The summed E-state index contributed by atoms with van der Waals surface area (Å²) in [5.74, 6) is 0.929. The van der Waals surface area contributed by atoms with Crippen molar-refractivity contribution in [2.75, 3.05) is 0 Å². The van der Waals surface area contributed by atoms with Gasteiger partial charge in [-0.2, -0.15) is 0 Å². The van der Waals surface area contributed by atoms with Crippen molar-refractivity contribution >= 4 is 21.6 Å². The largest absolute Gasteiger partial charge is 0.508 e. The monoisotopic (exact) mass is 318 g/mol. The highest BCUT2D eigenvalue weighted by molar-refractivity contribution is 9.10. The van der Waals surface area contributed by atoms with Gasteiger partial charge in [-0.1, -0.05) is 6.07 Å². The Balaban J connectivity index is 1.78. The van der Waals surface area contributed by atoms with Crippen LogP contribution in [0.15, 0.2) is 53.3 Å². The second kappa shape index (κ2) is 4.93. The zero-order chi connectivity index (χ0) is 13.2. The number of hydrogen-bond donors (Lipinski definition) is 1. The first-order valence-corrected chi connectivity index (χ1v) is 6.56. The van der Waals surface area contributed by atoms with E-state index in [1.54, 1.807) is 24.3 Å². The molecule has 0 fully saturated rings. The van der Waals surface area contributed by atoms with Crippen LogP contribution in [0.4, 0.5) is 0 Å². The molecule has 0 bridgehead atoms. The highest BCUT2D eigenvalue weighted by Crippen LogP contribution is 2.18. The number of phenols is 1. The number of aromatic nitrogens is 2. The van der Waals surface area contributed by atoms with Crippen molar-refractivity contribution in [1.29, 1.82) is 0 Å². The van der Waals surface area contributed by atoms with Crippen LogP contribution < -0.4 is 4.74 Å². The lowest BCUT2D eigenvalue weighted by molar-refractivity contribution is 0.301. The fourth-order valence-corrected chi connectivity index (χ4v) is 2.23. The lowest BCUT2D eigenvalue weighted by atomic mass is 10.3. The fraction of sp³-hybridized carbons (Fsp3) is 0.0714. The Bertz CT molecular complexity index is 707. The third kappa shape index (κ3) is 2.56. The predicted octanol–water partition coefficient (Wildman–Crippen LogP) is 3.38. The Hall–Kier alpha value is -2.01. The van der Waals surface area contributed by atoms with Gasteiger partial charge in [0.2, 0.25) is 0 Å². The van der Waals surface area contributed by atoms with E-state index in [1.165, 1.54) is 0 Å². The first-order chi connectivity index (χ1) is 9.22. The van der Waals surface area contributed by atoms with E-state index >= 15 is 0 Å². The lowest BCUT2D eigenvalue weighted by Crippen LogP contribution is -1.95. The highest BCUT2D eigenvalue weighted by atomic mass is 79.9. The smallest absolute Gasteiger partial charge is 0.138 e. The minimum absolute atomic E-state index is 0.226. The molecule has 0 amide bonds. The topological polar surface area (TPSA) is 46.8 Å². The minimum Gasteiger partial charge on any atom is -0.508 e. The zero-order valence-electron chi connectivity index (χ0n) is 9.95. The average Bonchev–Trinajstić information content (AvgIpc) is 2.83. The number of ether oxygens (including phenoxy) is 1. The normalized spacial score (nSPS) is 10.8. The predicted molar refractivity (Wildman–Crippen MR) is 75.3 cm³/mol. The van der Waals surface area contributed by atoms with E-state index in [0.29, 0.717) is 12.4 Å². The molecule has 0 aliphatic heterocycles. The molecule has 0 aliphatic rings. The Labute approximate surface area is 118 Å². The van der Waals surface area contributed by atoms with Gasteiger partial charge in [0.25, 0.3) is 0 Å². The van der Waals surface area contributed by atoms with Gasteiger partial charge in [0.05, 0.1) is 10.3 Å². The molecule has 0 spiro atoms. The van der Waals surface area contributed by atoms with Crippen molar-refractivity contribution in [3.8, 4) is 11.5 Å². The van der Waals surface area contributed by atoms with Crippen LogP contribution in [0.25, 0.3) is 5.65 Å². The summed E-state index contributed by atoms with van der Waals surface area (Å²) in [6.45, 7) is 0.388. The van der Waals surface area contributed by atoms with E-state index in [0.717, 1.165) is 15.9 Å². The Morgan fingerprint density at radius 2 is 1.95 bits per heavy atom. The van der Waals surface area contributed by atoms with E-state index in [-0.39, 0.29) is 5.75 Å². The van der Waals surface area contributed by atoms with Crippen LogP contribution in [-0.4, -0.2) is 14.5 Å². The molecular weight excluding hydrogens is 308 g/mol. The fourth-order valence-electron chi connectivity index (χ4n) is 1.80. The maximum Gasteiger partial charge on any atom is 0.138 e. The van der Waals surface area contributed by atoms with Crippen LogP contribution in [0.1, 0.15) is 5.69 Å². The Kier molecular flexibility index (Phi) is 3.13. The minimum atomic E-state index is 0.226. The first kappa shape index (κ1) is 12.0. The molecular formula is C14H11BrN2O2. The number of benzene rings is 1. The van der Waals surface area contributed by atoms with Crippen LogP contribution in [0.5, 0.6) is 11.5 Å². The van der Waals surface area contributed by atoms with Gasteiger partial charge < -0.3 is 9.84 Å². The maximum atomic E-state index is 9.19. The lowest BCUT2D eigenvalue weighted by Gasteiger charge is -2.03. The van der Waals surface area contributed by atoms with Gasteiger partial charge in [0.15, 0.2) is 0 Å². The molecule has 4 nitrogen and oxygen atoms in total. The number of rotatable bonds is 3. The second-order valence-corrected chi connectivity index (χ2v) is 4.90. The van der Waals surface area contributed by atoms with Crippen molar-refractivity contribution in [1.82, 2.24) is 9.38 Å². The van der Waals surface area contributed by atoms with Crippen molar-refractivity contribution in [3.05, 3.63) is 59.0 Å². The van der Waals surface area contributed by atoms with E-state index in [4.69, 9.17) is 4.74 Å². The van der Waals surface area contributed by atoms with Gasteiger partial charge in [0, 0.05) is 6.20 Å². The van der Waals surface area contributed by atoms with E-state index < -0.39 is 0 Å². The molecule has 0 unspecified atom stereocenters. The number of hydrogen-bond acceptors (Lipinski definition) is 3. The Morgan fingerprint density at radius 1 is 1.16 bits per heavy atom. The first-order valence-electron chi connectivity index (χ1n) is 5.77. The number of nitrogens with zero attached hydrogens (tertiary/aromatic N) is 2. The summed E-state index contributed by atoms with van der Waals surface area (Å²) in [4.78, 5) is 4.46. The summed E-state index contributed by atoms with van der Waals surface area (Å²) in [6.07, 6.45) is 1.93. The maximum absolute atomic E-state index is 9.19. The molecule has 0 radical (unpaired) electrons. The van der Waals surface area contributed by atoms with Crippen molar-refractivity contribution in [2.24, 2.45) is 0 Å². The number of halogens is 1. The van der Waals surface area contributed by atoms with E-state index in [2.05, 4.69) is 20.9 Å². The highest BCUT2D eigenvalue weighted by Gasteiger charge is 2.04. The summed E-state index contributed by atoms with van der Waals surface area (Å²) >= 11 is 3.47. The molecule has 5 heteroatoms. The van der Waals surface area contributed by atoms with Gasteiger partial charge in [-0.05, 0) is 52.3 Å². The van der Waals surface area contributed by atoms with Crippen LogP contribution in [0, 0.1) is 0 Å². The second-order valence-electron chi connectivity index (χ2n) is 4.09. The van der Waals surface area contributed by atoms with Gasteiger partial charge >= 0.3 is 0 Å². The molecule has 3 rings (SSSR count). The number of imidazole rings is 1. The van der Waals surface area contributed by atoms with Crippen LogP contribution in [0.2, 0.25) is 0 Å². The van der Waals surface area contributed by atoms with E-state index in [1.807, 2.05) is 28.8 Å². The third-order valence-electron chi connectivity index (χ3n) is 2.72. The molecule has 0 saturated carbocycles. The number of phenolic OH excluding ortho intramolecular Hbond substituents is 1.